The Hall–Kier alpha value is -2.80. The highest BCUT2D eigenvalue weighted by Crippen LogP contribution is 2.23. The largest absolute Gasteiger partial charge is 0.544 e. The molecule has 2 aromatic rings. The molecule has 4 N–H and O–H groups in total. The van der Waals surface area contributed by atoms with Gasteiger partial charge in [0.15, 0.2) is 5.76 Å². The average molecular weight is 318 g/mol. The number of aliphatic carboxylic acids is 1. The van der Waals surface area contributed by atoms with Crippen molar-refractivity contribution in [3.8, 4) is 5.75 Å². The highest BCUT2D eigenvalue weighted by Gasteiger charge is 2.19. The molecule has 0 unspecified atom stereocenters. The van der Waals surface area contributed by atoms with Crippen LogP contribution in [0.1, 0.15) is 17.7 Å². The van der Waals surface area contributed by atoms with Crippen LogP contribution in [0, 0.1) is 6.92 Å². The maximum atomic E-state index is 12.0. The number of hydrogen-bond acceptors (Lipinski definition) is 5. The minimum absolute atomic E-state index is 0.0754. The summed E-state index contributed by atoms with van der Waals surface area (Å²) in [4.78, 5) is 23.2. The highest BCUT2D eigenvalue weighted by atomic mass is 16.4. The summed E-state index contributed by atoms with van der Waals surface area (Å²) in [7, 11) is 0. The summed E-state index contributed by atoms with van der Waals surface area (Å²) < 4.78 is 5.11. The molecule has 0 radical (unpaired) electrons. The Kier molecular flexibility index (Phi) is 5.37. The highest BCUT2D eigenvalue weighted by molar-refractivity contribution is 5.94. The maximum Gasteiger partial charge on any atom is 0.230 e. The molecule has 1 heterocycles. The van der Waals surface area contributed by atoms with E-state index in [1.54, 1.807) is 24.3 Å². The van der Waals surface area contributed by atoms with Gasteiger partial charge in [-0.2, -0.15) is 0 Å². The van der Waals surface area contributed by atoms with E-state index in [4.69, 9.17) is 4.42 Å². The first kappa shape index (κ1) is 16.6. The molecule has 0 aliphatic heterocycles. The number of anilines is 1. The van der Waals surface area contributed by atoms with E-state index in [0.717, 1.165) is 5.56 Å². The number of phenolic OH excluding ortho intramolecular Hbond substituents is 1. The summed E-state index contributed by atoms with van der Waals surface area (Å²) >= 11 is 0. The Bertz CT molecular complexity index is 682. The predicted octanol–water partition coefficient (Wildman–Crippen LogP) is -0.496. The molecule has 2 rings (SSSR count). The third kappa shape index (κ3) is 4.86. The van der Waals surface area contributed by atoms with Crippen molar-refractivity contribution in [3.63, 3.8) is 0 Å². The van der Waals surface area contributed by atoms with Gasteiger partial charge in [-0.25, -0.2) is 0 Å². The zero-order valence-electron chi connectivity index (χ0n) is 12.6. The number of amides is 1. The van der Waals surface area contributed by atoms with Crippen LogP contribution >= 0.6 is 0 Å². The third-order valence-electron chi connectivity index (χ3n) is 3.32. The number of carbonyl (C=O) groups is 2. The SMILES string of the molecule is Cc1ccc(O)c(NC(=O)C[C@@H]([NH2+]Cc2ccco2)C(=O)[O-])c1. The Morgan fingerprint density at radius 2 is 2.17 bits per heavy atom. The van der Waals surface area contributed by atoms with Crippen LogP contribution in [-0.2, 0) is 16.1 Å². The zero-order valence-corrected chi connectivity index (χ0v) is 12.6. The lowest BCUT2D eigenvalue weighted by Crippen LogP contribution is -2.92. The van der Waals surface area contributed by atoms with E-state index < -0.39 is 17.9 Å². The molecule has 7 nitrogen and oxygen atoms in total. The minimum atomic E-state index is -1.33. The standard InChI is InChI=1S/C16H18N2O5/c1-10-4-5-14(19)12(7-10)18-15(20)8-13(16(21)22)17-9-11-3-2-6-23-11/h2-7,13,17,19H,8-9H2,1H3,(H,18,20)(H,21,22)/t13-/m1/s1. The molecular formula is C16H18N2O5. The van der Waals surface area contributed by atoms with Crippen LogP contribution in [0.4, 0.5) is 5.69 Å². The van der Waals surface area contributed by atoms with Gasteiger partial charge in [0.25, 0.3) is 0 Å². The van der Waals surface area contributed by atoms with Crippen LogP contribution in [0.3, 0.4) is 0 Å². The first-order valence-corrected chi connectivity index (χ1v) is 7.11. The lowest BCUT2D eigenvalue weighted by molar-refractivity contribution is -0.698. The second-order valence-corrected chi connectivity index (χ2v) is 5.22. The van der Waals surface area contributed by atoms with Gasteiger partial charge in [0, 0.05) is 0 Å². The molecule has 1 aromatic carbocycles. The molecule has 1 atom stereocenters. The van der Waals surface area contributed by atoms with Crippen molar-refractivity contribution >= 4 is 17.6 Å². The number of quaternary nitrogens is 1. The second kappa shape index (κ2) is 7.46. The van der Waals surface area contributed by atoms with Crippen molar-refractivity contribution in [2.75, 3.05) is 5.32 Å². The molecule has 23 heavy (non-hydrogen) atoms. The van der Waals surface area contributed by atoms with Gasteiger partial charge in [-0.3, -0.25) is 4.79 Å². The van der Waals surface area contributed by atoms with Crippen molar-refractivity contribution in [2.24, 2.45) is 0 Å². The number of aryl methyl sites for hydroxylation is 1. The van der Waals surface area contributed by atoms with Gasteiger partial charge >= 0.3 is 0 Å². The van der Waals surface area contributed by atoms with Gasteiger partial charge in [0.05, 0.1) is 24.3 Å². The summed E-state index contributed by atoms with van der Waals surface area (Å²) in [6.07, 6.45) is 1.21. The maximum absolute atomic E-state index is 12.0. The number of phenols is 1. The molecule has 0 aliphatic rings. The molecule has 0 spiro atoms. The Morgan fingerprint density at radius 1 is 1.39 bits per heavy atom. The van der Waals surface area contributed by atoms with Gasteiger partial charge in [-0.1, -0.05) is 6.07 Å². The fourth-order valence-electron chi connectivity index (χ4n) is 2.10. The van der Waals surface area contributed by atoms with E-state index in [1.807, 2.05) is 6.92 Å². The van der Waals surface area contributed by atoms with Crippen LogP contribution in [0.15, 0.2) is 41.0 Å². The second-order valence-electron chi connectivity index (χ2n) is 5.22. The van der Waals surface area contributed by atoms with E-state index in [2.05, 4.69) is 5.32 Å². The van der Waals surface area contributed by atoms with Crippen LogP contribution in [-0.4, -0.2) is 23.0 Å². The smallest absolute Gasteiger partial charge is 0.230 e. The molecule has 1 aromatic heterocycles. The van der Waals surface area contributed by atoms with E-state index in [0.29, 0.717) is 5.76 Å². The summed E-state index contributed by atoms with van der Waals surface area (Å²) in [5.41, 5.74) is 1.11. The minimum Gasteiger partial charge on any atom is -0.544 e. The molecule has 0 bridgehead atoms. The van der Waals surface area contributed by atoms with E-state index in [1.165, 1.54) is 17.6 Å². The molecule has 0 saturated heterocycles. The Labute approximate surface area is 132 Å². The Morgan fingerprint density at radius 3 is 2.83 bits per heavy atom. The fraction of sp³-hybridized carbons (Fsp3) is 0.250. The molecular weight excluding hydrogens is 300 g/mol. The van der Waals surface area contributed by atoms with Crippen molar-refractivity contribution in [3.05, 3.63) is 47.9 Å². The Balaban J connectivity index is 1.94. The number of nitrogens with two attached hydrogens (primary N) is 1. The molecule has 0 aliphatic carbocycles. The third-order valence-corrected chi connectivity index (χ3v) is 3.32. The van der Waals surface area contributed by atoms with Gasteiger partial charge < -0.3 is 30.1 Å². The molecule has 0 saturated carbocycles. The lowest BCUT2D eigenvalue weighted by Gasteiger charge is -2.16. The zero-order chi connectivity index (χ0) is 16.8. The van der Waals surface area contributed by atoms with Gasteiger partial charge in [0.2, 0.25) is 5.91 Å². The van der Waals surface area contributed by atoms with E-state index in [9.17, 15) is 19.8 Å². The van der Waals surface area contributed by atoms with Crippen LogP contribution in [0.2, 0.25) is 0 Å². The number of carboxylic acid groups (broad SMARTS) is 1. The number of aromatic hydroxyl groups is 1. The van der Waals surface area contributed by atoms with Crippen molar-refractivity contribution in [1.82, 2.24) is 0 Å². The number of carbonyl (C=O) groups excluding carboxylic acids is 2. The van der Waals surface area contributed by atoms with E-state index in [-0.39, 0.29) is 24.4 Å². The average Bonchev–Trinajstić information content (AvgIpc) is 3.00. The van der Waals surface area contributed by atoms with Crippen LogP contribution < -0.4 is 15.7 Å². The van der Waals surface area contributed by atoms with Crippen molar-refractivity contribution < 1.29 is 29.5 Å². The van der Waals surface area contributed by atoms with Crippen LogP contribution in [0.25, 0.3) is 0 Å². The number of furan rings is 1. The first-order valence-electron chi connectivity index (χ1n) is 7.11. The van der Waals surface area contributed by atoms with E-state index >= 15 is 0 Å². The summed E-state index contributed by atoms with van der Waals surface area (Å²) in [6, 6.07) is 7.13. The number of nitrogens with one attached hydrogen (secondary N) is 1. The molecule has 1 amide bonds. The van der Waals surface area contributed by atoms with Crippen LogP contribution in [0.5, 0.6) is 5.75 Å². The van der Waals surface area contributed by atoms with Gasteiger partial charge in [-0.05, 0) is 36.8 Å². The summed E-state index contributed by atoms with van der Waals surface area (Å²) in [5.74, 6) is -1.32. The molecule has 0 fully saturated rings. The molecule has 7 heteroatoms. The quantitative estimate of drug-likeness (QED) is 0.595. The van der Waals surface area contributed by atoms with Crippen molar-refractivity contribution in [2.45, 2.75) is 25.9 Å². The number of rotatable bonds is 7. The summed E-state index contributed by atoms with van der Waals surface area (Å²) in [6.45, 7) is 2.10. The topological polar surface area (TPSA) is 119 Å². The number of benzene rings is 1. The van der Waals surface area contributed by atoms with Gasteiger partial charge in [0.1, 0.15) is 18.3 Å². The van der Waals surface area contributed by atoms with Gasteiger partial charge in [-0.15, -0.1) is 0 Å². The van der Waals surface area contributed by atoms with Crippen molar-refractivity contribution in [1.29, 1.82) is 0 Å². The monoisotopic (exact) mass is 318 g/mol. The summed E-state index contributed by atoms with van der Waals surface area (Å²) in [5, 5.41) is 24.8. The molecule has 122 valence electrons. The predicted molar refractivity (Wildman–Crippen MR) is 79.2 cm³/mol. The normalized spacial score (nSPS) is 11.9. The lowest BCUT2D eigenvalue weighted by atomic mass is 10.1. The number of carboxylic acids is 1. The number of hydrogen-bond donors (Lipinski definition) is 3. The first-order chi connectivity index (χ1) is 11.0. The fourth-order valence-corrected chi connectivity index (χ4v) is 2.10.